The van der Waals surface area contributed by atoms with Gasteiger partial charge < -0.3 is 4.74 Å². The summed E-state index contributed by atoms with van der Waals surface area (Å²) in [5.74, 6) is 0.616. The van der Waals surface area contributed by atoms with Crippen molar-refractivity contribution in [2.75, 3.05) is 7.11 Å². The summed E-state index contributed by atoms with van der Waals surface area (Å²) < 4.78 is 5.13. The maximum Gasteiger partial charge on any atom is 0.213 e. The number of nitrogens with zero attached hydrogens (tertiary/aromatic N) is 2. The quantitative estimate of drug-likeness (QED) is 0.579. The van der Waals surface area contributed by atoms with Crippen LogP contribution in [0.15, 0.2) is 42.7 Å². The Balaban J connectivity index is 2.47. The van der Waals surface area contributed by atoms with Gasteiger partial charge >= 0.3 is 0 Å². The fraction of sp³-hybridized carbons (Fsp3) is 0.0769. The molecule has 3 nitrogen and oxygen atoms in total. The Morgan fingerprint density at radius 2 is 1.94 bits per heavy atom. The maximum absolute atomic E-state index is 5.13. The highest BCUT2D eigenvalue weighted by atomic mass is 16.5. The lowest BCUT2D eigenvalue weighted by Crippen LogP contribution is -1.88. The summed E-state index contributed by atoms with van der Waals surface area (Å²) in [4.78, 5) is 8.58. The first kappa shape index (κ1) is 9.09. The van der Waals surface area contributed by atoms with Crippen molar-refractivity contribution in [3.63, 3.8) is 0 Å². The van der Waals surface area contributed by atoms with E-state index in [0.29, 0.717) is 5.88 Å². The van der Waals surface area contributed by atoms with E-state index in [1.165, 1.54) is 0 Å². The normalized spacial score (nSPS) is 10.8. The summed E-state index contributed by atoms with van der Waals surface area (Å²) in [6.07, 6.45) is 3.61. The third-order valence-electron chi connectivity index (χ3n) is 2.66. The minimum atomic E-state index is 0.616. The van der Waals surface area contributed by atoms with Gasteiger partial charge in [0, 0.05) is 34.6 Å². The van der Waals surface area contributed by atoms with Crippen molar-refractivity contribution in [1.82, 2.24) is 9.97 Å². The van der Waals surface area contributed by atoms with Crippen molar-refractivity contribution < 1.29 is 4.74 Å². The molecule has 0 aliphatic carbocycles. The largest absolute Gasteiger partial charge is 0.481 e. The van der Waals surface area contributed by atoms with E-state index in [0.717, 1.165) is 21.7 Å². The second-order valence-electron chi connectivity index (χ2n) is 3.59. The predicted molar refractivity (Wildman–Crippen MR) is 63.6 cm³/mol. The van der Waals surface area contributed by atoms with Gasteiger partial charge in [0.25, 0.3) is 0 Å². The maximum atomic E-state index is 5.13. The zero-order chi connectivity index (χ0) is 11.0. The van der Waals surface area contributed by atoms with Gasteiger partial charge in [-0.2, -0.15) is 0 Å². The molecule has 0 unspecified atom stereocenters. The van der Waals surface area contributed by atoms with Gasteiger partial charge in [-0.25, -0.2) is 4.98 Å². The van der Waals surface area contributed by atoms with Crippen LogP contribution in [-0.2, 0) is 0 Å². The van der Waals surface area contributed by atoms with Crippen LogP contribution >= 0.6 is 0 Å². The highest BCUT2D eigenvalue weighted by Crippen LogP contribution is 2.25. The van der Waals surface area contributed by atoms with Gasteiger partial charge in [-0.15, -0.1) is 0 Å². The topological polar surface area (TPSA) is 35.0 Å². The zero-order valence-corrected chi connectivity index (χ0v) is 8.84. The minimum absolute atomic E-state index is 0.616. The Hall–Kier alpha value is -2.16. The molecule has 0 fully saturated rings. The molecule has 0 saturated heterocycles. The van der Waals surface area contributed by atoms with Crippen LogP contribution in [0.4, 0.5) is 0 Å². The molecule has 0 aliphatic rings. The van der Waals surface area contributed by atoms with E-state index in [2.05, 4.69) is 22.1 Å². The van der Waals surface area contributed by atoms with Gasteiger partial charge in [-0.05, 0) is 6.07 Å². The SMILES string of the molecule is COc1cc2c(ccc3cccnc32)cn1. The molecule has 3 aromatic rings. The van der Waals surface area contributed by atoms with E-state index in [1.54, 1.807) is 13.3 Å². The molecule has 0 atom stereocenters. The van der Waals surface area contributed by atoms with E-state index in [1.807, 2.05) is 24.4 Å². The Kier molecular flexibility index (Phi) is 1.96. The molecular weight excluding hydrogens is 200 g/mol. The molecular formula is C13H10N2O. The zero-order valence-electron chi connectivity index (χ0n) is 8.84. The first-order valence-electron chi connectivity index (χ1n) is 5.06. The second-order valence-corrected chi connectivity index (χ2v) is 3.59. The standard InChI is InChI=1S/C13H10N2O/c1-16-12-7-11-10(8-15-12)5-4-9-3-2-6-14-13(9)11/h2-8H,1H3. The Morgan fingerprint density at radius 1 is 1.06 bits per heavy atom. The number of rotatable bonds is 1. The van der Waals surface area contributed by atoms with Crippen molar-refractivity contribution >= 4 is 21.7 Å². The monoisotopic (exact) mass is 210 g/mol. The van der Waals surface area contributed by atoms with Crippen LogP contribution in [0.1, 0.15) is 0 Å². The Labute approximate surface area is 92.7 Å². The molecule has 0 radical (unpaired) electrons. The fourth-order valence-electron chi connectivity index (χ4n) is 1.85. The molecule has 0 aliphatic heterocycles. The summed E-state index contributed by atoms with van der Waals surface area (Å²) in [6.45, 7) is 0. The van der Waals surface area contributed by atoms with Crippen molar-refractivity contribution in [1.29, 1.82) is 0 Å². The molecule has 3 rings (SSSR count). The van der Waals surface area contributed by atoms with Gasteiger partial charge in [-0.1, -0.05) is 18.2 Å². The lowest BCUT2D eigenvalue weighted by atomic mass is 10.1. The smallest absolute Gasteiger partial charge is 0.213 e. The number of aromatic nitrogens is 2. The van der Waals surface area contributed by atoms with Crippen LogP contribution in [0.5, 0.6) is 5.88 Å². The molecule has 78 valence electrons. The molecule has 0 spiro atoms. The van der Waals surface area contributed by atoms with Crippen LogP contribution < -0.4 is 4.74 Å². The van der Waals surface area contributed by atoms with Crippen LogP contribution in [-0.4, -0.2) is 17.1 Å². The van der Waals surface area contributed by atoms with E-state index in [9.17, 15) is 0 Å². The van der Waals surface area contributed by atoms with Crippen LogP contribution in [0.25, 0.3) is 21.7 Å². The number of fused-ring (bicyclic) bond motifs is 3. The van der Waals surface area contributed by atoms with Crippen LogP contribution in [0.3, 0.4) is 0 Å². The molecule has 0 bridgehead atoms. The first-order valence-corrected chi connectivity index (χ1v) is 5.06. The number of pyridine rings is 2. The van der Waals surface area contributed by atoms with Crippen molar-refractivity contribution in [2.45, 2.75) is 0 Å². The van der Waals surface area contributed by atoms with Gasteiger partial charge in [-0.3, -0.25) is 4.98 Å². The van der Waals surface area contributed by atoms with Crippen LogP contribution in [0, 0.1) is 0 Å². The lowest BCUT2D eigenvalue weighted by molar-refractivity contribution is 0.399. The molecule has 0 N–H and O–H groups in total. The number of hydrogen-bond acceptors (Lipinski definition) is 3. The van der Waals surface area contributed by atoms with Gasteiger partial charge in [0.1, 0.15) is 0 Å². The fourth-order valence-corrected chi connectivity index (χ4v) is 1.85. The van der Waals surface area contributed by atoms with E-state index in [4.69, 9.17) is 4.74 Å². The molecule has 16 heavy (non-hydrogen) atoms. The van der Waals surface area contributed by atoms with E-state index in [-0.39, 0.29) is 0 Å². The Morgan fingerprint density at radius 3 is 2.81 bits per heavy atom. The minimum Gasteiger partial charge on any atom is -0.481 e. The van der Waals surface area contributed by atoms with E-state index < -0.39 is 0 Å². The Bertz CT molecular complexity index is 664. The summed E-state index contributed by atoms with van der Waals surface area (Å²) >= 11 is 0. The molecule has 0 saturated carbocycles. The lowest BCUT2D eigenvalue weighted by Gasteiger charge is -2.04. The highest BCUT2D eigenvalue weighted by molar-refractivity contribution is 6.05. The second kappa shape index (κ2) is 3.45. The average Bonchev–Trinajstić information content (AvgIpc) is 2.38. The number of ether oxygens (including phenoxy) is 1. The van der Waals surface area contributed by atoms with Gasteiger partial charge in [0.2, 0.25) is 5.88 Å². The van der Waals surface area contributed by atoms with Crippen molar-refractivity contribution in [3.05, 3.63) is 42.7 Å². The third-order valence-corrected chi connectivity index (χ3v) is 2.66. The average molecular weight is 210 g/mol. The first-order chi connectivity index (χ1) is 7.88. The summed E-state index contributed by atoms with van der Waals surface area (Å²) in [7, 11) is 1.62. The van der Waals surface area contributed by atoms with Crippen molar-refractivity contribution in [3.8, 4) is 5.88 Å². The summed E-state index contributed by atoms with van der Waals surface area (Å²) in [5, 5.41) is 3.28. The number of benzene rings is 1. The van der Waals surface area contributed by atoms with E-state index >= 15 is 0 Å². The van der Waals surface area contributed by atoms with Crippen molar-refractivity contribution in [2.24, 2.45) is 0 Å². The highest BCUT2D eigenvalue weighted by Gasteiger charge is 2.03. The molecule has 1 aromatic carbocycles. The predicted octanol–water partition coefficient (Wildman–Crippen LogP) is 2.79. The number of methoxy groups -OCH3 is 1. The number of hydrogen-bond donors (Lipinski definition) is 0. The van der Waals surface area contributed by atoms with Gasteiger partial charge in [0.15, 0.2) is 0 Å². The molecule has 2 aromatic heterocycles. The van der Waals surface area contributed by atoms with Crippen LogP contribution in [0.2, 0.25) is 0 Å². The molecule has 2 heterocycles. The third kappa shape index (κ3) is 1.29. The summed E-state index contributed by atoms with van der Waals surface area (Å²) in [5.41, 5.74) is 0.987. The molecule has 3 heteroatoms. The van der Waals surface area contributed by atoms with Gasteiger partial charge in [0.05, 0.1) is 12.6 Å². The summed E-state index contributed by atoms with van der Waals surface area (Å²) in [6, 6.07) is 10.0. The molecule has 0 amide bonds.